The number of benzene rings is 1. The summed E-state index contributed by atoms with van der Waals surface area (Å²) in [5, 5.41) is 3.43. The topological polar surface area (TPSA) is 64.3 Å². The quantitative estimate of drug-likeness (QED) is 0.863. The summed E-state index contributed by atoms with van der Waals surface area (Å²) < 4.78 is 5.20. The number of alkyl carbamates (subject to hydrolysis) is 1. The number of ether oxygens (including phenoxy) is 1. The van der Waals surface area contributed by atoms with Crippen LogP contribution in [0, 0.1) is 0 Å². The van der Waals surface area contributed by atoms with Crippen LogP contribution in [0.3, 0.4) is 0 Å². The van der Waals surface area contributed by atoms with Gasteiger partial charge in [0.1, 0.15) is 5.60 Å². The first-order chi connectivity index (χ1) is 9.99. The Labute approximate surface area is 138 Å². The second-order valence-electron chi connectivity index (χ2n) is 7.24. The molecule has 0 saturated heterocycles. The molecule has 0 saturated carbocycles. The van der Waals surface area contributed by atoms with Crippen LogP contribution in [0.15, 0.2) is 24.3 Å². The predicted molar refractivity (Wildman–Crippen MR) is 91.3 cm³/mol. The fourth-order valence-electron chi connectivity index (χ4n) is 2.28. The number of amides is 1. The highest BCUT2D eigenvalue weighted by Crippen LogP contribution is 2.28. The molecule has 1 amide bonds. The SMILES string of the molecule is CC(C)(C)OC(=O)NCC(N)CC(C)(C)c1ccc(Cl)cc1. The van der Waals surface area contributed by atoms with E-state index in [4.69, 9.17) is 22.1 Å². The van der Waals surface area contributed by atoms with Crippen LogP contribution >= 0.6 is 11.6 Å². The maximum Gasteiger partial charge on any atom is 0.407 e. The van der Waals surface area contributed by atoms with Crippen LogP contribution in [0.1, 0.15) is 46.6 Å². The minimum absolute atomic E-state index is 0.0976. The average Bonchev–Trinajstić information content (AvgIpc) is 2.34. The van der Waals surface area contributed by atoms with Crippen LogP contribution in [0.5, 0.6) is 0 Å². The van der Waals surface area contributed by atoms with Gasteiger partial charge in [-0.3, -0.25) is 0 Å². The van der Waals surface area contributed by atoms with Crippen molar-refractivity contribution in [3.05, 3.63) is 34.9 Å². The molecule has 1 aromatic rings. The molecular weight excluding hydrogens is 300 g/mol. The smallest absolute Gasteiger partial charge is 0.407 e. The Bertz CT molecular complexity index is 492. The molecule has 0 aliphatic heterocycles. The summed E-state index contributed by atoms with van der Waals surface area (Å²) >= 11 is 5.92. The minimum Gasteiger partial charge on any atom is -0.444 e. The van der Waals surface area contributed by atoms with Crippen molar-refractivity contribution >= 4 is 17.7 Å². The van der Waals surface area contributed by atoms with Gasteiger partial charge in [0.25, 0.3) is 0 Å². The fraction of sp³-hybridized carbons (Fsp3) is 0.588. The third kappa shape index (κ3) is 6.67. The number of nitrogens with one attached hydrogen (secondary N) is 1. The Hall–Kier alpha value is -1.26. The highest BCUT2D eigenvalue weighted by Gasteiger charge is 2.24. The van der Waals surface area contributed by atoms with Crippen molar-refractivity contribution in [1.82, 2.24) is 5.32 Å². The zero-order chi connectivity index (χ0) is 17.0. The van der Waals surface area contributed by atoms with Gasteiger partial charge in [-0.15, -0.1) is 0 Å². The Morgan fingerprint density at radius 3 is 2.27 bits per heavy atom. The number of halogens is 1. The van der Waals surface area contributed by atoms with Gasteiger partial charge in [-0.1, -0.05) is 37.6 Å². The zero-order valence-corrected chi connectivity index (χ0v) is 14.8. The lowest BCUT2D eigenvalue weighted by atomic mass is 9.79. The molecule has 124 valence electrons. The van der Waals surface area contributed by atoms with E-state index in [2.05, 4.69) is 19.2 Å². The molecule has 0 aliphatic rings. The Balaban J connectivity index is 2.51. The van der Waals surface area contributed by atoms with Crippen molar-refractivity contribution < 1.29 is 9.53 Å². The molecule has 0 radical (unpaired) electrons. The van der Waals surface area contributed by atoms with Crippen LogP contribution in [-0.4, -0.2) is 24.3 Å². The molecule has 3 N–H and O–H groups in total. The molecule has 0 fully saturated rings. The first kappa shape index (κ1) is 18.8. The number of carbonyl (C=O) groups excluding carboxylic acids is 1. The van der Waals surface area contributed by atoms with E-state index in [1.54, 1.807) is 0 Å². The normalized spacial score (nSPS) is 13.6. The maximum absolute atomic E-state index is 11.6. The van der Waals surface area contributed by atoms with E-state index in [1.165, 1.54) is 5.56 Å². The molecule has 0 bridgehead atoms. The number of hydrogen-bond acceptors (Lipinski definition) is 3. The van der Waals surface area contributed by atoms with Crippen LogP contribution in [0.25, 0.3) is 0 Å². The molecule has 1 unspecified atom stereocenters. The Morgan fingerprint density at radius 1 is 1.23 bits per heavy atom. The van der Waals surface area contributed by atoms with Crippen LogP contribution in [0.2, 0.25) is 5.02 Å². The molecular formula is C17H27ClN2O2. The lowest BCUT2D eigenvalue weighted by molar-refractivity contribution is 0.0523. The third-order valence-electron chi connectivity index (χ3n) is 3.31. The van der Waals surface area contributed by atoms with Gasteiger partial charge in [0, 0.05) is 17.6 Å². The Morgan fingerprint density at radius 2 is 1.77 bits per heavy atom. The summed E-state index contributed by atoms with van der Waals surface area (Å²) in [6.45, 7) is 10.1. The molecule has 1 rings (SSSR count). The van der Waals surface area contributed by atoms with Crippen molar-refractivity contribution in [3.63, 3.8) is 0 Å². The van der Waals surface area contributed by atoms with E-state index < -0.39 is 11.7 Å². The van der Waals surface area contributed by atoms with Gasteiger partial charge in [-0.05, 0) is 50.3 Å². The number of hydrogen-bond donors (Lipinski definition) is 2. The Kier molecular flexibility index (Phi) is 6.27. The average molecular weight is 327 g/mol. The monoisotopic (exact) mass is 326 g/mol. The summed E-state index contributed by atoms with van der Waals surface area (Å²) in [6, 6.07) is 7.62. The van der Waals surface area contributed by atoms with Gasteiger partial charge in [0.05, 0.1) is 0 Å². The molecule has 0 spiro atoms. The van der Waals surface area contributed by atoms with Gasteiger partial charge in [0.15, 0.2) is 0 Å². The predicted octanol–water partition coefficient (Wildman–Crippen LogP) is 3.86. The van der Waals surface area contributed by atoms with Crippen LogP contribution < -0.4 is 11.1 Å². The standard InChI is InChI=1S/C17H27ClN2O2/c1-16(2,3)22-15(21)20-11-14(19)10-17(4,5)12-6-8-13(18)9-7-12/h6-9,14H,10-11,19H2,1-5H3,(H,20,21). The van der Waals surface area contributed by atoms with Gasteiger partial charge in [0.2, 0.25) is 0 Å². The van der Waals surface area contributed by atoms with Gasteiger partial charge in [-0.2, -0.15) is 0 Å². The van der Waals surface area contributed by atoms with E-state index in [-0.39, 0.29) is 11.5 Å². The lowest BCUT2D eigenvalue weighted by Crippen LogP contribution is -2.42. The first-order valence-electron chi connectivity index (χ1n) is 7.48. The van der Waals surface area contributed by atoms with Crippen molar-refractivity contribution in [2.75, 3.05) is 6.54 Å². The van der Waals surface area contributed by atoms with Crippen LogP contribution in [0.4, 0.5) is 4.79 Å². The molecule has 0 heterocycles. The summed E-state index contributed by atoms with van der Waals surface area (Å²) in [6.07, 6.45) is 0.303. The molecule has 22 heavy (non-hydrogen) atoms. The van der Waals surface area contributed by atoms with E-state index in [0.29, 0.717) is 6.54 Å². The van der Waals surface area contributed by atoms with Crippen LogP contribution in [-0.2, 0) is 10.2 Å². The van der Waals surface area contributed by atoms with Crippen molar-refractivity contribution in [2.24, 2.45) is 5.73 Å². The van der Waals surface area contributed by atoms with Gasteiger partial charge >= 0.3 is 6.09 Å². The molecule has 1 atom stereocenters. The molecule has 1 aromatic carbocycles. The first-order valence-corrected chi connectivity index (χ1v) is 7.86. The largest absolute Gasteiger partial charge is 0.444 e. The molecule has 5 heteroatoms. The van der Waals surface area contributed by atoms with Crippen molar-refractivity contribution in [3.8, 4) is 0 Å². The molecule has 4 nitrogen and oxygen atoms in total. The molecule has 0 aromatic heterocycles. The zero-order valence-electron chi connectivity index (χ0n) is 14.1. The van der Waals surface area contributed by atoms with Gasteiger partial charge < -0.3 is 15.8 Å². The number of rotatable bonds is 5. The lowest BCUT2D eigenvalue weighted by Gasteiger charge is -2.29. The van der Waals surface area contributed by atoms with E-state index in [0.717, 1.165) is 11.4 Å². The summed E-state index contributed by atoms with van der Waals surface area (Å²) in [7, 11) is 0. The summed E-state index contributed by atoms with van der Waals surface area (Å²) in [5.74, 6) is 0. The second kappa shape index (κ2) is 7.34. The number of nitrogens with two attached hydrogens (primary N) is 1. The fourth-order valence-corrected chi connectivity index (χ4v) is 2.40. The second-order valence-corrected chi connectivity index (χ2v) is 7.67. The van der Waals surface area contributed by atoms with Crippen molar-refractivity contribution in [2.45, 2.75) is 58.1 Å². The van der Waals surface area contributed by atoms with Crippen molar-refractivity contribution in [1.29, 1.82) is 0 Å². The number of carbonyl (C=O) groups is 1. The summed E-state index contributed by atoms with van der Waals surface area (Å²) in [4.78, 5) is 11.6. The van der Waals surface area contributed by atoms with E-state index >= 15 is 0 Å². The van der Waals surface area contributed by atoms with E-state index in [1.807, 2.05) is 45.0 Å². The molecule has 0 aliphatic carbocycles. The maximum atomic E-state index is 11.6. The highest BCUT2D eigenvalue weighted by molar-refractivity contribution is 6.30. The minimum atomic E-state index is -0.503. The third-order valence-corrected chi connectivity index (χ3v) is 3.56. The van der Waals surface area contributed by atoms with E-state index in [9.17, 15) is 4.79 Å². The van der Waals surface area contributed by atoms with Gasteiger partial charge in [-0.25, -0.2) is 4.79 Å². The highest BCUT2D eigenvalue weighted by atomic mass is 35.5. The summed E-state index contributed by atoms with van der Waals surface area (Å²) in [5.41, 5.74) is 6.71.